The number of amides is 1. The van der Waals surface area contributed by atoms with Crippen LogP contribution in [0.25, 0.3) is 22.3 Å². The average molecular weight is 477 g/mol. The van der Waals surface area contributed by atoms with E-state index in [1.165, 1.54) is 11.8 Å². The molecule has 9 heteroatoms. The number of esters is 1. The van der Waals surface area contributed by atoms with Gasteiger partial charge in [0, 0.05) is 23.2 Å². The van der Waals surface area contributed by atoms with Crippen molar-refractivity contribution in [2.45, 2.75) is 18.4 Å². The van der Waals surface area contributed by atoms with Gasteiger partial charge < -0.3 is 9.64 Å². The van der Waals surface area contributed by atoms with Gasteiger partial charge in [0.2, 0.25) is 0 Å². The van der Waals surface area contributed by atoms with Crippen molar-refractivity contribution in [3.8, 4) is 11.3 Å². The highest BCUT2D eigenvalue weighted by Gasteiger charge is 2.26. The van der Waals surface area contributed by atoms with Crippen LogP contribution in [-0.2, 0) is 20.7 Å². The molecule has 0 fully saturated rings. The van der Waals surface area contributed by atoms with Gasteiger partial charge >= 0.3 is 5.97 Å². The summed E-state index contributed by atoms with van der Waals surface area (Å²) in [5.74, 6) is -0.625. The van der Waals surface area contributed by atoms with E-state index in [-0.39, 0.29) is 18.3 Å². The summed E-state index contributed by atoms with van der Waals surface area (Å²) >= 11 is 2.86. The summed E-state index contributed by atoms with van der Waals surface area (Å²) in [6.07, 6.45) is 2.40. The van der Waals surface area contributed by atoms with E-state index in [1.807, 2.05) is 48.7 Å². The van der Waals surface area contributed by atoms with Crippen molar-refractivity contribution in [2.75, 3.05) is 23.8 Å². The summed E-state index contributed by atoms with van der Waals surface area (Å²) in [4.78, 5) is 39.9. The highest BCUT2D eigenvalue weighted by Crippen LogP contribution is 2.32. The highest BCUT2D eigenvalue weighted by molar-refractivity contribution is 7.99. The van der Waals surface area contributed by atoms with E-state index >= 15 is 0 Å². The number of aromatic nitrogens is 3. The van der Waals surface area contributed by atoms with Crippen LogP contribution in [0.5, 0.6) is 0 Å². The van der Waals surface area contributed by atoms with Gasteiger partial charge in [-0.05, 0) is 43.2 Å². The van der Waals surface area contributed by atoms with Crippen LogP contribution in [-0.4, -0.2) is 45.7 Å². The Morgan fingerprint density at radius 3 is 2.82 bits per heavy atom. The lowest BCUT2D eigenvalue weighted by Gasteiger charge is -2.17. The van der Waals surface area contributed by atoms with Gasteiger partial charge in [0.1, 0.15) is 5.03 Å². The molecule has 1 aliphatic rings. The van der Waals surface area contributed by atoms with Crippen molar-refractivity contribution in [3.05, 3.63) is 64.6 Å². The second-order valence-electron chi connectivity index (χ2n) is 7.54. The molecule has 0 saturated heterocycles. The number of hydrogen-bond donors (Lipinski definition) is 0. The zero-order chi connectivity index (χ0) is 22.8. The topological polar surface area (TPSA) is 85.3 Å². The summed E-state index contributed by atoms with van der Waals surface area (Å²) in [7, 11) is 0. The van der Waals surface area contributed by atoms with Crippen LogP contribution in [0.4, 0.5) is 5.69 Å². The Kier molecular flexibility index (Phi) is 6.06. The third-order valence-corrected chi connectivity index (χ3v) is 6.96. The van der Waals surface area contributed by atoms with E-state index in [0.29, 0.717) is 11.6 Å². The van der Waals surface area contributed by atoms with Crippen LogP contribution < -0.4 is 4.90 Å². The molecule has 166 valence electrons. The van der Waals surface area contributed by atoms with Crippen molar-refractivity contribution in [1.82, 2.24) is 15.0 Å². The first-order chi connectivity index (χ1) is 16.1. The number of anilines is 1. The molecule has 0 atom stereocenters. The predicted molar refractivity (Wildman–Crippen MR) is 130 cm³/mol. The predicted octanol–water partition coefficient (Wildman–Crippen LogP) is 4.29. The summed E-state index contributed by atoms with van der Waals surface area (Å²) in [6, 6.07) is 13.6. The van der Waals surface area contributed by atoms with Gasteiger partial charge in [-0.2, -0.15) is 0 Å². The van der Waals surface area contributed by atoms with Crippen molar-refractivity contribution in [1.29, 1.82) is 0 Å². The number of nitrogens with zero attached hydrogens (tertiary/aromatic N) is 4. The smallest absolute Gasteiger partial charge is 0.316 e. The highest BCUT2D eigenvalue weighted by atomic mass is 32.2. The number of aryl methyl sites for hydroxylation is 1. The number of thiazole rings is 1. The van der Waals surface area contributed by atoms with Crippen molar-refractivity contribution in [3.63, 3.8) is 0 Å². The first-order valence-corrected chi connectivity index (χ1v) is 12.3. The molecule has 4 aromatic rings. The molecule has 1 aliphatic heterocycles. The number of para-hydroxylation sites is 2. The lowest BCUT2D eigenvalue weighted by Crippen LogP contribution is -2.33. The number of ether oxygens (including phenoxy) is 1. The van der Waals surface area contributed by atoms with Gasteiger partial charge in [-0.15, -0.1) is 11.3 Å². The SMILES string of the molecule is Cc1nc(-c2ccc3c(c2)CCN3C(=O)COC(=O)CSc2cnc3ccccc3n2)cs1. The number of benzene rings is 2. The number of thioether (sulfide) groups is 1. The molecular formula is C24H20N4O3S2. The lowest BCUT2D eigenvalue weighted by molar-refractivity contribution is -0.145. The molecule has 0 aliphatic carbocycles. The van der Waals surface area contributed by atoms with Gasteiger partial charge in [-0.1, -0.05) is 30.0 Å². The third-order valence-electron chi connectivity index (χ3n) is 5.31. The van der Waals surface area contributed by atoms with E-state index in [2.05, 4.69) is 21.0 Å². The standard InChI is InChI=1S/C24H20N4O3S2/c1-15-26-20(13-32-15)16-6-7-21-17(10-16)8-9-28(21)23(29)12-31-24(30)14-33-22-11-25-18-4-2-3-5-19(18)27-22/h2-7,10-11,13H,8-9,12,14H2,1H3. The van der Waals surface area contributed by atoms with E-state index in [1.54, 1.807) is 22.4 Å². The largest absolute Gasteiger partial charge is 0.455 e. The Morgan fingerprint density at radius 1 is 1.15 bits per heavy atom. The first-order valence-electron chi connectivity index (χ1n) is 10.4. The van der Waals surface area contributed by atoms with Gasteiger partial charge in [-0.3, -0.25) is 14.6 Å². The molecule has 0 bridgehead atoms. The summed E-state index contributed by atoms with van der Waals surface area (Å²) in [6.45, 7) is 2.28. The molecule has 7 nitrogen and oxygen atoms in total. The Morgan fingerprint density at radius 2 is 2.00 bits per heavy atom. The maximum atomic E-state index is 12.7. The second kappa shape index (κ2) is 9.29. The fraction of sp³-hybridized carbons (Fsp3) is 0.208. The molecule has 0 N–H and O–H groups in total. The molecular weight excluding hydrogens is 456 g/mol. The molecule has 2 aromatic carbocycles. The molecule has 2 aromatic heterocycles. The fourth-order valence-electron chi connectivity index (χ4n) is 3.72. The van der Waals surface area contributed by atoms with E-state index in [0.717, 1.165) is 45.0 Å². The van der Waals surface area contributed by atoms with Gasteiger partial charge in [0.15, 0.2) is 6.61 Å². The van der Waals surface area contributed by atoms with Crippen LogP contribution in [0, 0.1) is 6.92 Å². The minimum Gasteiger partial charge on any atom is -0.455 e. The van der Waals surface area contributed by atoms with E-state index < -0.39 is 5.97 Å². The normalized spacial score (nSPS) is 12.7. The Labute approximate surface area is 198 Å². The van der Waals surface area contributed by atoms with Crippen LogP contribution >= 0.6 is 23.1 Å². The summed E-state index contributed by atoms with van der Waals surface area (Å²) in [5, 5.41) is 3.70. The zero-order valence-electron chi connectivity index (χ0n) is 17.9. The molecule has 33 heavy (non-hydrogen) atoms. The van der Waals surface area contributed by atoms with Crippen LogP contribution in [0.2, 0.25) is 0 Å². The van der Waals surface area contributed by atoms with Crippen molar-refractivity contribution < 1.29 is 14.3 Å². The number of fused-ring (bicyclic) bond motifs is 2. The molecule has 1 amide bonds. The Balaban J connectivity index is 1.15. The maximum absolute atomic E-state index is 12.7. The molecule has 5 rings (SSSR count). The molecule has 3 heterocycles. The first kappa shape index (κ1) is 21.5. The molecule has 0 radical (unpaired) electrons. The van der Waals surface area contributed by atoms with Crippen LogP contribution in [0.3, 0.4) is 0 Å². The lowest BCUT2D eigenvalue weighted by atomic mass is 10.1. The average Bonchev–Trinajstić information content (AvgIpc) is 3.47. The number of carbonyl (C=O) groups is 2. The molecule has 0 unspecified atom stereocenters. The Bertz CT molecular complexity index is 1350. The zero-order valence-corrected chi connectivity index (χ0v) is 19.5. The van der Waals surface area contributed by atoms with Crippen LogP contribution in [0.15, 0.2) is 59.1 Å². The van der Waals surface area contributed by atoms with Gasteiger partial charge in [-0.25, -0.2) is 9.97 Å². The van der Waals surface area contributed by atoms with Gasteiger partial charge in [0.05, 0.1) is 33.7 Å². The summed E-state index contributed by atoms with van der Waals surface area (Å²) in [5.41, 5.74) is 5.54. The van der Waals surface area contributed by atoms with E-state index in [4.69, 9.17) is 4.74 Å². The second-order valence-corrected chi connectivity index (χ2v) is 9.59. The maximum Gasteiger partial charge on any atom is 0.316 e. The fourth-order valence-corrected chi connectivity index (χ4v) is 4.98. The Hall–Kier alpha value is -3.30. The van der Waals surface area contributed by atoms with Crippen molar-refractivity contribution in [2.24, 2.45) is 0 Å². The molecule has 0 spiro atoms. The number of hydrogen-bond acceptors (Lipinski definition) is 8. The van der Waals surface area contributed by atoms with Gasteiger partial charge in [0.25, 0.3) is 5.91 Å². The summed E-state index contributed by atoms with van der Waals surface area (Å²) < 4.78 is 5.23. The molecule has 0 saturated carbocycles. The van der Waals surface area contributed by atoms with Crippen molar-refractivity contribution >= 4 is 51.7 Å². The third kappa shape index (κ3) is 4.74. The quantitative estimate of drug-likeness (QED) is 0.303. The minimum atomic E-state index is -0.461. The number of carbonyl (C=O) groups excluding carboxylic acids is 2. The minimum absolute atomic E-state index is 0.0628. The number of rotatable bonds is 6. The van der Waals surface area contributed by atoms with Crippen LogP contribution in [0.1, 0.15) is 10.6 Å². The van der Waals surface area contributed by atoms with E-state index in [9.17, 15) is 9.59 Å². The monoisotopic (exact) mass is 476 g/mol.